The zero-order valence-corrected chi connectivity index (χ0v) is 21.3. The fourth-order valence-corrected chi connectivity index (χ4v) is 5.99. The molecule has 0 aromatic heterocycles. The molecule has 1 aliphatic carbocycles. The number of carbonyl (C=O) groups excluding carboxylic acids is 3. The maximum atomic E-state index is 14.0. The topological polar surface area (TPSA) is 76.2 Å². The molecule has 2 aromatic carbocycles. The van der Waals surface area contributed by atoms with Gasteiger partial charge in [0.15, 0.2) is 11.5 Å². The third-order valence-corrected chi connectivity index (χ3v) is 8.18. The molecule has 0 N–H and O–H groups in total. The van der Waals surface area contributed by atoms with E-state index in [1.807, 2.05) is 56.3 Å². The summed E-state index contributed by atoms with van der Waals surface area (Å²) in [7, 11) is 1.76. The second kappa shape index (κ2) is 9.60. The first-order chi connectivity index (χ1) is 17.3. The van der Waals surface area contributed by atoms with Gasteiger partial charge in [0.1, 0.15) is 13.2 Å². The Morgan fingerprint density at radius 1 is 1.08 bits per heavy atom. The van der Waals surface area contributed by atoms with Gasteiger partial charge in [-0.15, -0.1) is 0 Å². The summed E-state index contributed by atoms with van der Waals surface area (Å²) >= 11 is 0. The number of imide groups is 1. The molecule has 7 heteroatoms. The number of benzene rings is 2. The van der Waals surface area contributed by atoms with Crippen LogP contribution in [0.15, 0.2) is 42.5 Å². The van der Waals surface area contributed by atoms with Crippen LogP contribution in [0.1, 0.15) is 68.2 Å². The summed E-state index contributed by atoms with van der Waals surface area (Å²) in [4.78, 5) is 44.2. The van der Waals surface area contributed by atoms with Gasteiger partial charge < -0.3 is 14.4 Å². The molecule has 0 spiro atoms. The van der Waals surface area contributed by atoms with Crippen molar-refractivity contribution in [2.24, 2.45) is 0 Å². The van der Waals surface area contributed by atoms with Crippen molar-refractivity contribution in [3.05, 3.63) is 59.2 Å². The molecular weight excluding hydrogens is 456 g/mol. The van der Waals surface area contributed by atoms with E-state index in [0.717, 1.165) is 42.4 Å². The number of nitrogens with zero attached hydrogens (tertiary/aromatic N) is 2. The van der Waals surface area contributed by atoms with Crippen molar-refractivity contribution in [1.29, 1.82) is 0 Å². The normalized spacial score (nSPS) is 22.7. The van der Waals surface area contributed by atoms with Crippen LogP contribution < -0.4 is 9.47 Å². The van der Waals surface area contributed by atoms with Crippen LogP contribution in [0.5, 0.6) is 11.5 Å². The quantitative estimate of drug-likeness (QED) is 0.564. The molecule has 2 aliphatic heterocycles. The van der Waals surface area contributed by atoms with E-state index in [1.165, 1.54) is 4.90 Å². The van der Waals surface area contributed by atoms with Gasteiger partial charge >= 0.3 is 0 Å². The van der Waals surface area contributed by atoms with Crippen molar-refractivity contribution < 1.29 is 23.9 Å². The average Bonchev–Trinajstić information content (AvgIpc) is 3.49. The number of hydrogen-bond acceptors (Lipinski definition) is 5. The first kappa shape index (κ1) is 24.3. The molecule has 5 rings (SSSR count). The SMILES string of the molecule is Cc1ccccc1C1(CC(=O)N(C)C(C)c2ccc3c(c2)OCCO3)CC(=O)N(C2CCCC2)C1=O. The van der Waals surface area contributed by atoms with Gasteiger partial charge in [-0.25, -0.2) is 0 Å². The Bertz CT molecular complexity index is 1190. The van der Waals surface area contributed by atoms with Crippen LogP contribution in [0.25, 0.3) is 0 Å². The Hall–Kier alpha value is -3.35. The highest BCUT2D eigenvalue weighted by molar-refractivity contribution is 6.11. The lowest BCUT2D eigenvalue weighted by molar-refractivity contribution is -0.145. The van der Waals surface area contributed by atoms with Crippen molar-refractivity contribution in [3.63, 3.8) is 0 Å². The van der Waals surface area contributed by atoms with Gasteiger partial charge in [0, 0.05) is 25.9 Å². The third kappa shape index (κ3) is 4.14. The molecule has 7 nitrogen and oxygen atoms in total. The van der Waals surface area contributed by atoms with Gasteiger partial charge in [-0.3, -0.25) is 19.3 Å². The van der Waals surface area contributed by atoms with E-state index < -0.39 is 5.41 Å². The number of ether oxygens (including phenoxy) is 2. The highest BCUT2D eigenvalue weighted by atomic mass is 16.6. The number of carbonyl (C=O) groups is 3. The molecule has 2 aromatic rings. The minimum absolute atomic E-state index is 0.0329. The van der Waals surface area contributed by atoms with E-state index in [1.54, 1.807) is 11.9 Å². The Kier molecular flexibility index (Phi) is 6.49. The first-order valence-electron chi connectivity index (χ1n) is 12.9. The zero-order valence-electron chi connectivity index (χ0n) is 21.3. The largest absolute Gasteiger partial charge is 0.486 e. The summed E-state index contributed by atoms with van der Waals surface area (Å²) in [5.74, 6) is 0.821. The van der Waals surface area contributed by atoms with Gasteiger partial charge in [0.05, 0.1) is 11.5 Å². The number of likely N-dealkylation sites (tertiary alicyclic amines) is 1. The molecule has 2 fully saturated rings. The molecule has 3 amide bonds. The van der Waals surface area contributed by atoms with Crippen LogP contribution in [0.3, 0.4) is 0 Å². The maximum absolute atomic E-state index is 14.0. The number of amides is 3. The predicted molar refractivity (Wildman–Crippen MR) is 135 cm³/mol. The summed E-state index contributed by atoms with van der Waals surface area (Å²) in [5, 5.41) is 0. The summed E-state index contributed by atoms with van der Waals surface area (Å²) < 4.78 is 11.3. The monoisotopic (exact) mass is 490 g/mol. The minimum atomic E-state index is -1.18. The second-order valence-corrected chi connectivity index (χ2v) is 10.3. The summed E-state index contributed by atoms with van der Waals surface area (Å²) in [6.45, 7) is 4.91. The van der Waals surface area contributed by atoms with E-state index in [4.69, 9.17) is 9.47 Å². The third-order valence-electron chi connectivity index (χ3n) is 8.18. The summed E-state index contributed by atoms with van der Waals surface area (Å²) in [5.41, 5.74) is 1.43. The summed E-state index contributed by atoms with van der Waals surface area (Å²) in [6.07, 6.45) is 3.72. The number of fused-ring (bicyclic) bond motifs is 1. The van der Waals surface area contributed by atoms with E-state index in [-0.39, 0.29) is 42.6 Å². The number of aryl methyl sites for hydroxylation is 1. The fraction of sp³-hybridized carbons (Fsp3) is 0.483. The van der Waals surface area contributed by atoms with E-state index in [9.17, 15) is 14.4 Å². The van der Waals surface area contributed by atoms with Gasteiger partial charge in [0.2, 0.25) is 17.7 Å². The second-order valence-electron chi connectivity index (χ2n) is 10.3. The Morgan fingerprint density at radius 2 is 1.78 bits per heavy atom. The van der Waals surface area contributed by atoms with Gasteiger partial charge in [-0.2, -0.15) is 0 Å². The van der Waals surface area contributed by atoms with Crippen LogP contribution in [0.2, 0.25) is 0 Å². The lowest BCUT2D eigenvalue weighted by Crippen LogP contribution is -2.46. The van der Waals surface area contributed by atoms with Gasteiger partial charge in [-0.05, 0) is 55.5 Å². The summed E-state index contributed by atoms with van der Waals surface area (Å²) in [6, 6.07) is 13.0. The average molecular weight is 491 g/mol. The van der Waals surface area contributed by atoms with Crippen LogP contribution in [-0.4, -0.2) is 53.8 Å². The smallest absolute Gasteiger partial charge is 0.241 e. The maximum Gasteiger partial charge on any atom is 0.241 e. The molecular formula is C29H34N2O5. The first-order valence-corrected chi connectivity index (χ1v) is 12.9. The molecule has 36 heavy (non-hydrogen) atoms. The predicted octanol–water partition coefficient (Wildman–Crippen LogP) is 4.32. The molecule has 2 unspecified atom stereocenters. The molecule has 2 atom stereocenters. The number of rotatable bonds is 6. The van der Waals surface area contributed by atoms with Crippen LogP contribution in [-0.2, 0) is 19.8 Å². The molecule has 0 radical (unpaired) electrons. The zero-order chi connectivity index (χ0) is 25.4. The number of hydrogen-bond donors (Lipinski definition) is 0. The van der Waals surface area contributed by atoms with Crippen molar-refractivity contribution in [1.82, 2.24) is 9.80 Å². The van der Waals surface area contributed by atoms with Crippen molar-refractivity contribution >= 4 is 17.7 Å². The molecule has 3 aliphatic rings. The standard InChI is InChI=1S/C29H34N2O5/c1-19-8-4-7-11-23(19)29(18-27(33)31(28(29)34)22-9-5-6-10-22)17-26(32)30(3)20(2)21-12-13-24-25(16-21)36-15-14-35-24/h4,7-8,11-13,16,20,22H,5-6,9-10,14-15,17-18H2,1-3H3. The van der Waals surface area contributed by atoms with E-state index >= 15 is 0 Å². The fourth-order valence-electron chi connectivity index (χ4n) is 5.99. The lowest BCUT2D eigenvalue weighted by Gasteiger charge is -2.33. The lowest BCUT2D eigenvalue weighted by atomic mass is 9.73. The molecule has 1 saturated carbocycles. The molecule has 190 valence electrons. The van der Waals surface area contributed by atoms with Crippen molar-refractivity contribution in [2.75, 3.05) is 20.3 Å². The molecule has 1 saturated heterocycles. The van der Waals surface area contributed by atoms with Crippen molar-refractivity contribution in [2.45, 2.75) is 69.9 Å². The Morgan fingerprint density at radius 3 is 2.50 bits per heavy atom. The molecule has 2 heterocycles. The van der Waals surface area contributed by atoms with Crippen LogP contribution >= 0.6 is 0 Å². The molecule has 0 bridgehead atoms. The van der Waals surface area contributed by atoms with Crippen molar-refractivity contribution in [3.8, 4) is 11.5 Å². The Labute approximate surface area is 212 Å². The van der Waals surface area contributed by atoms with E-state index in [2.05, 4.69) is 0 Å². The van der Waals surface area contributed by atoms with E-state index in [0.29, 0.717) is 24.7 Å². The van der Waals surface area contributed by atoms with Gasteiger partial charge in [0.25, 0.3) is 0 Å². The Balaban J connectivity index is 1.44. The minimum Gasteiger partial charge on any atom is -0.486 e. The van der Waals surface area contributed by atoms with Crippen LogP contribution in [0, 0.1) is 6.92 Å². The highest BCUT2D eigenvalue weighted by Gasteiger charge is 2.56. The van der Waals surface area contributed by atoms with Crippen LogP contribution in [0.4, 0.5) is 0 Å². The highest BCUT2D eigenvalue weighted by Crippen LogP contribution is 2.44. The van der Waals surface area contributed by atoms with Gasteiger partial charge in [-0.1, -0.05) is 43.2 Å².